The molecule has 818 valence electrons. The van der Waals surface area contributed by atoms with E-state index in [2.05, 4.69) is 37.9 Å². The van der Waals surface area contributed by atoms with Crippen molar-refractivity contribution in [2.75, 3.05) is 152 Å². The van der Waals surface area contributed by atoms with E-state index in [0.717, 1.165) is 0 Å². The number of aliphatic hydroxyl groups is 8. The number of carbonyl (C=O) groups is 20. The molecular weight excluding hydrogens is 1870 g/mol. The molecule has 9 N–H and O–H groups in total. The largest absolute Gasteiger partial charge is 0.479 e. The van der Waals surface area contributed by atoms with E-state index < -0.39 is 211 Å². The lowest BCUT2D eigenvalue weighted by Crippen LogP contribution is -2.35. The van der Waals surface area contributed by atoms with Gasteiger partial charge in [0.05, 0.1) is 88.9 Å². The van der Waals surface area contributed by atoms with Crippen molar-refractivity contribution in [1.29, 1.82) is 0 Å². The molecule has 0 spiro atoms. The van der Waals surface area contributed by atoms with Gasteiger partial charge in [0.25, 0.3) is 0 Å². The monoisotopic (exact) mass is 2030 g/mol. The van der Waals surface area contributed by atoms with Gasteiger partial charge in [0.1, 0.15) is 46.2 Å². The highest BCUT2D eigenvalue weighted by molar-refractivity contribution is 5.92. The number of carboxylic acids is 1. The standard InChI is InChI=1S/C12H24O5.4C11H18O6.C10H18O5.C10H20O4.C9H16O5.C8H14O4/c1-12(2,3)11(14)10-17-9-8-16-7-6-15-5-4-13;2*1-7(17-9(14)5-12)10(15)16-6-8(13)11(2,3)4;2*1-7(10(15)11(2,3)4)17-9(14)6-16-8(13)5-12;1-6(8(12)15-7(2)11)14-9(13)10(3,4)5;1-10(2,3)9(12)8-14-7-6-13-5-4-11;1-9(2,3)8(12)14-6-7(11)13-5-4-10;1-5(6(9)10)12-7(11)8(2,3)4/h13H,4-10H2,1-3H3;4*7,12H,5-6H2,1-4H3;6-7,11H,1-5H3;11H,4-8H2,1-3H3;10H,4-6H2,1-3H3;5H,1-4H3,(H,9,10). The second-order valence-corrected chi connectivity index (χ2v) is 38.7. The van der Waals surface area contributed by atoms with E-state index >= 15 is 0 Å². The molecule has 0 heterocycles. The van der Waals surface area contributed by atoms with Gasteiger partial charge in [-0.15, -0.1) is 0 Å². The summed E-state index contributed by atoms with van der Waals surface area (Å²) in [5.74, 6) is -11.7. The molecule has 140 heavy (non-hydrogen) atoms. The van der Waals surface area contributed by atoms with Gasteiger partial charge in [0.15, 0.2) is 111 Å². The topological polar surface area (TPSA) is 690 Å². The molecule has 7 unspecified atom stereocenters. The van der Waals surface area contributed by atoms with E-state index in [1.165, 1.54) is 48.5 Å². The number of aliphatic carboxylic acids is 1. The van der Waals surface area contributed by atoms with Crippen molar-refractivity contribution in [3.63, 3.8) is 0 Å². The van der Waals surface area contributed by atoms with Gasteiger partial charge >= 0.3 is 83.6 Å². The molecule has 0 aromatic rings. The van der Waals surface area contributed by atoms with Crippen molar-refractivity contribution in [2.24, 2.45) is 48.7 Å². The lowest BCUT2D eigenvalue weighted by molar-refractivity contribution is -0.184. The summed E-state index contributed by atoms with van der Waals surface area (Å²) in [4.78, 5) is 222. The maximum absolute atomic E-state index is 11.7. The Hall–Kier alpha value is -9.92. The Kier molecular flexibility index (Phi) is 81.1. The smallest absolute Gasteiger partial charge is 0.349 e. The Labute approximate surface area is 821 Å². The molecule has 47 heteroatoms. The zero-order chi connectivity index (χ0) is 112. The Morgan fingerprint density at radius 2 is 0.464 bits per heavy atom. The number of rotatable bonds is 46. The minimum absolute atomic E-state index is 0.0148. The Balaban J connectivity index is -0.000000197. The van der Waals surface area contributed by atoms with Gasteiger partial charge < -0.3 is 131 Å². The molecule has 0 saturated carbocycles. The molecule has 0 rings (SSSR count). The van der Waals surface area contributed by atoms with E-state index in [1.54, 1.807) is 145 Å². The van der Waals surface area contributed by atoms with E-state index in [0.29, 0.717) is 52.9 Å². The maximum Gasteiger partial charge on any atom is 0.349 e. The van der Waals surface area contributed by atoms with Crippen LogP contribution in [0.15, 0.2) is 0 Å². The Morgan fingerprint density at radius 3 is 0.714 bits per heavy atom. The molecule has 0 radical (unpaired) electrons. The van der Waals surface area contributed by atoms with Gasteiger partial charge in [-0.05, 0) is 111 Å². The third-order valence-electron chi connectivity index (χ3n) is 15.5. The highest BCUT2D eigenvalue weighted by Gasteiger charge is 2.35. The number of ether oxygens (including phenoxy) is 18. The quantitative estimate of drug-likeness (QED) is 0.0182. The zero-order valence-corrected chi connectivity index (χ0v) is 88.3. The number of ketones is 6. The van der Waals surface area contributed by atoms with E-state index in [4.69, 9.17) is 93.3 Å². The maximum atomic E-state index is 11.7. The average Bonchev–Trinajstić information content (AvgIpc) is 0.881. The second kappa shape index (κ2) is 76.8. The summed E-state index contributed by atoms with van der Waals surface area (Å²) in [6.45, 7) is 54.0. The van der Waals surface area contributed by atoms with Crippen LogP contribution in [0.25, 0.3) is 0 Å². The van der Waals surface area contributed by atoms with Crippen LogP contribution < -0.4 is 0 Å². The molecule has 0 aromatic carbocycles. The van der Waals surface area contributed by atoms with E-state index in [9.17, 15) is 95.9 Å². The number of aliphatic hydroxyl groups excluding tert-OH is 8. The van der Waals surface area contributed by atoms with Crippen molar-refractivity contribution >= 4 is 118 Å². The third kappa shape index (κ3) is 89.4. The van der Waals surface area contributed by atoms with Crippen molar-refractivity contribution in [3.05, 3.63) is 0 Å². The van der Waals surface area contributed by atoms with Gasteiger partial charge in [-0.3, -0.25) is 43.2 Å². The minimum Gasteiger partial charge on any atom is -0.479 e. The first-order valence-electron chi connectivity index (χ1n) is 44.1. The number of carbonyl (C=O) groups excluding carboxylic acids is 19. The molecular formula is C93H164O47. The number of hydrogen-bond donors (Lipinski definition) is 9. The van der Waals surface area contributed by atoms with Gasteiger partial charge in [-0.25, -0.2) is 52.7 Å². The van der Waals surface area contributed by atoms with Crippen LogP contribution in [0.5, 0.6) is 0 Å². The predicted molar refractivity (Wildman–Crippen MR) is 493 cm³/mol. The van der Waals surface area contributed by atoms with Crippen LogP contribution in [0.2, 0.25) is 0 Å². The molecule has 7 atom stereocenters. The number of carboxylic acid groups (broad SMARTS) is 1. The molecule has 0 aromatic heterocycles. The fourth-order valence-electron chi connectivity index (χ4n) is 6.80. The summed E-state index contributed by atoms with van der Waals surface area (Å²) >= 11 is 0. The van der Waals surface area contributed by atoms with Crippen LogP contribution in [0.1, 0.15) is 235 Å². The van der Waals surface area contributed by atoms with Crippen LogP contribution in [-0.2, 0) is 181 Å². The van der Waals surface area contributed by atoms with Crippen molar-refractivity contribution in [3.8, 4) is 0 Å². The van der Waals surface area contributed by atoms with Crippen molar-refractivity contribution in [2.45, 2.75) is 278 Å². The molecule has 0 amide bonds. The molecule has 0 aliphatic heterocycles. The molecule has 0 saturated heterocycles. The number of esters is 13. The highest BCUT2D eigenvalue weighted by atomic mass is 16.7. The summed E-state index contributed by atoms with van der Waals surface area (Å²) in [6.07, 6.45) is -7.34. The fourth-order valence-corrected chi connectivity index (χ4v) is 6.80. The first kappa shape index (κ1) is 148. The summed E-state index contributed by atoms with van der Waals surface area (Å²) < 4.78 is 85.2. The van der Waals surface area contributed by atoms with Gasteiger partial charge in [-0.2, -0.15) is 0 Å². The summed E-state index contributed by atoms with van der Waals surface area (Å²) in [5.41, 5.74) is -5.04. The molecule has 0 fully saturated rings. The van der Waals surface area contributed by atoms with Gasteiger partial charge in [0.2, 0.25) is 0 Å². The van der Waals surface area contributed by atoms with Crippen LogP contribution in [-0.4, -0.2) is 359 Å². The fraction of sp³-hybridized carbons (Fsp3) is 0.785. The molecule has 0 bridgehead atoms. The molecule has 0 aliphatic carbocycles. The normalized spacial score (nSPS) is 12.7. The summed E-state index contributed by atoms with van der Waals surface area (Å²) in [6, 6.07) is 0. The lowest BCUT2D eigenvalue weighted by atomic mass is 9.88. The Morgan fingerprint density at radius 1 is 0.214 bits per heavy atom. The summed E-state index contributed by atoms with van der Waals surface area (Å²) in [5, 5.41) is 75.9. The van der Waals surface area contributed by atoms with Crippen LogP contribution in [0, 0.1) is 48.7 Å². The van der Waals surface area contributed by atoms with Crippen molar-refractivity contribution in [1.82, 2.24) is 0 Å². The van der Waals surface area contributed by atoms with Gasteiger partial charge in [-0.1, -0.05) is 125 Å². The van der Waals surface area contributed by atoms with E-state index in [1.807, 2.05) is 41.5 Å². The number of Topliss-reactive ketones (excluding diaryl/α,β-unsaturated/α-hetero) is 6. The van der Waals surface area contributed by atoms with Crippen LogP contribution in [0.4, 0.5) is 0 Å². The average molecular weight is 2030 g/mol. The Bertz CT molecular complexity index is 3560. The van der Waals surface area contributed by atoms with Gasteiger partial charge in [0, 0.05) is 32.5 Å². The summed E-state index contributed by atoms with van der Waals surface area (Å²) in [7, 11) is 0. The van der Waals surface area contributed by atoms with E-state index in [-0.39, 0.29) is 98.4 Å². The number of hydrogen-bond acceptors (Lipinski definition) is 46. The third-order valence-corrected chi connectivity index (χ3v) is 15.5. The first-order valence-corrected chi connectivity index (χ1v) is 44.1. The molecule has 47 nitrogen and oxygen atoms in total. The first-order chi connectivity index (χ1) is 63.4. The second-order valence-electron chi connectivity index (χ2n) is 38.7. The molecule has 0 aliphatic rings. The highest BCUT2D eigenvalue weighted by Crippen LogP contribution is 2.23. The van der Waals surface area contributed by atoms with Crippen molar-refractivity contribution < 1.29 is 227 Å². The lowest BCUT2D eigenvalue weighted by Gasteiger charge is -2.21. The van der Waals surface area contributed by atoms with Crippen LogP contribution in [0.3, 0.4) is 0 Å². The minimum atomic E-state index is -1.20. The van der Waals surface area contributed by atoms with Crippen LogP contribution >= 0.6 is 0 Å². The zero-order valence-electron chi connectivity index (χ0n) is 88.3. The predicted octanol–water partition coefficient (Wildman–Crippen LogP) is 3.55. The SMILES string of the molecule is CC(C)(C)C(=O)COCCOCCO.CC(C)(C)C(=O)COCCOCCOCCO.CC(C)(C)C(=O)OCC(=O)OCCO.CC(O)OC(=O)C(C)OC(=O)C(C)(C)C.CC(OC(=O)C(C)(C)C)C(=O)O.CC(OC(=O)CO)C(=O)OCC(=O)C(C)(C)C.CC(OC(=O)CO)C(=O)OCC(=O)C(C)(C)C.CC(OC(=O)COC(=O)CO)C(=O)C(C)(C)C.CC(OC(=O)COC(=O)CO)C(=O)C(C)(C)C.